The van der Waals surface area contributed by atoms with Crippen LogP contribution in [0.4, 0.5) is 4.39 Å². The van der Waals surface area contributed by atoms with Crippen molar-refractivity contribution >= 4 is 29.8 Å². The summed E-state index contributed by atoms with van der Waals surface area (Å²) < 4.78 is 35.9. The molecule has 3 aliphatic heterocycles. The predicted molar refractivity (Wildman–Crippen MR) is 183 cm³/mol. The number of carbonyl (C=O) groups excluding carboxylic acids is 1. The van der Waals surface area contributed by atoms with Gasteiger partial charge in [-0.1, -0.05) is 23.7 Å². The van der Waals surface area contributed by atoms with Gasteiger partial charge in [0.25, 0.3) is 0 Å². The van der Waals surface area contributed by atoms with E-state index < -0.39 is 36.0 Å². The maximum atomic E-state index is 12.9. The lowest BCUT2D eigenvalue weighted by Gasteiger charge is -2.38. The molecule has 3 aliphatic rings. The molecule has 0 radical (unpaired) electrons. The van der Waals surface area contributed by atoms with Crippen LogP contribution in [0.25, 0.3) is 0 Å². The molecule has 0 spiro atoms. The third-order valence-corrected chi connectivity index (χ3v) is 9.01. The van der Waals surface area contributed by atoms with Gasteiger partial charge in [-0.05, 0) is 109 Å². The second kappa shape index (κ2) is 18.5. The molecular weight excluding hydrogens is 666 g/mol. The summed E-state index contributed by atoms with van der Waals surface area (Å²) >= 11 is 5.92. The number of fused-ring (bicyclic) bond motifs is 1. The molecule has 0 aromatic heterocycles. The van der Waals surface area contributed by atoms with Crippen LogP contribution in [-0.4, -0.2) is 121 Å². The van der Waals surface area contributed by atoms with Gasteiger partial charge in [0.2, 0.25) is 0 Å². The molecule has 2 aromatic carbocycles. The lowest BCUT2D eigenvalue weighted by Crippen LogP contribution is -2.44. The summed E-state index contributed by atoms with van der Waals surface area (Å²) in [5, 5.41) is 30.6. The van der Waals surface area contributed by atoms with Crippen LogP contribution in [0.2, 0.25) is 5.02 Å². The average molecular weight is 718 g/mol. The van der Waals surface area contributed by atoms with E-state index in [1.807, 2.05) is 52.2 Å². The quantitative estimate of drug-likeness (QED) is 0.203. The number of ketones is 1. The van der Waals surface area contributed by atoms with Gasteiger partial charge in [0.15, 0.2) is 17.9 Å². The molecule has 2 aromatic rings. The number of nitrogens with zero attached hydrogens (tertiary/aromatic N) is 2. The van der Waals surface area contributed by atoms with E-state index in [9.17, 15) is 19.4 Å². The number of halogens is 3. The first-order chi connectivity index (χ1) is 22.3. The van der Waals surface area contributed by atoms with Crippen molar-refractivity contribution in [3.63, 3.8) is 0 Å². The number of rotatable bonds is 13. The van der Waals surface area contributed by atoms with Gasteiger partial charge in [0.1, 0.15) is 30.2 Å². The normalized spacial score (nSPS) is 25.1. The molecule has 5 atom stereocenters. The molecule has 3 saturated heterocycles. The largest absolute Gasteiger partial charge is 0.394 e. The van der Waals surface area contributed by atoms with Crippen molar-refractivity contribution in [2.75, 3.05) is 53.5 Å². The Hall–Kier alpha value is -1.74. The topological polar surface area (TPSA) is 121 Å². The fourth-order valence-electron chi connectivity index (χ4n) is 6.15. The predicted octanol–water partition coefficient (Wildman–Crippen LogP) is 4.40. The monoisotopic (exact) mass is 716 g/mol. The highest BCUT2D eigenvalue weighted by Gasteiger charge is 2.56. The van der Waals surface area contributed by atoms with Crippen LogP contribution in [0, 0.1) is 5.82 Å². The van der Waals surface area contributed by atoms with E-state index in [2.05, 4.69) is 9.80 Å². The van der Waals surface area contributed by atoms with Crippen molar-refractivity contribution in [2.24, 2.45) is 0 Å². The van der Waals surface area contributed by atoms with Gasteiger partial charge in [-0.3, -0.25) is 4.79 Å². The third-order valence-electron chi connectivity index (χ3n) is 8.76. The minimum atomic E-state index is -1.01. The number of aliphatic hydroxyl groups excluding tert-OH is 2. The number of hydrogen-bond acceptors (Lipinski definition) is 10. The SMILES string of the molecule is CN(C)CCCOC1C(C(O)CO)OC2OC(C)(C)OC21.Cl.O=C(CCCN1CCC(O)(c2ccc(Cl)cc2)CC1)c1ccc(F)cc1. The summed E-state index contributed by atoms with van der Waals surface area (Å²) in [7, 11) is 4.01. The maximum absolute atomic E-state index is 12.9. The van der Waals surface area contributed by atoms with Crippen molar-refractivity contribution in [1.29, 1.82) is 0 Å². The molecule has 3 N–H and O–H groups in total. The molecule has 0 amide bonds. The molecule has 5 unspecified atom stereocenters. The second-order valence-electron chi connectivity index (χ2n) is 13.2. The summed E-state index contributed by atoms with van der Waals surface area (Å²) in [6.45, 7) is 7.11. The molecule has 270 valence electrons. The first kappa shape index (κ1) is 40.7. The van der Waals surface area contributed by atoms with E-state index in [0.717, 1.165) is 44.6 Å². The Labute approximate surface area is 294 Å². The highest BCUT2D eigenvalue weighted by Crippen LogP contribution is 2.39. The fourth-order valence-corrected chi connectivity index (χ4v) is 6.27. The lowest BCUT2D eigenvalue weighted by molar-refractivity contribution is -0.231. The number of benzene rings is 2. The standard InChI is InChI=1S/C21H23ClFNO2.C14H27NO6.ClH/c22-18-7-5-17(6-8-18)21(26)11-14-24(15-12-21)13-1-2-20(25)16-3-9-19(23)10-4-16;1-14(2)20-12-11(18-7-5-6-15(3)4)10(9(17)8-16)19-13(12)21-14;/h3-10,26H,1-2,11-15H2;9-13,16-17H,5-8H2,1-4H3;1H. The summed E-state index contributed by atoms with van der Waals surface area (Å²) in [5.41, 5.74) is 0.667. The fraction of sp³-hybridized carbons (Fsp3) is 0.629. The molecule has 48 heavy (non-hydrogen) atoms. The van der Waals surface area contributed by atoms with Crippen molar-refractivity contribution in [3.8, 4) is 0 Å². The van der Waals surface area contributed by atoms with Gasteiger partial charge < -0.3 is 44.1 Å². The van der Waals surface area contributed by atoms with Gasteiger partial charge in [-0.2, -0.15) is 0 Å². The Kier molecular flexibility index (Phi) is 15.7. The van der Waals surface area contributed by atoms with Gasteiger partial charge in [0.05, 0.1) is 12.2 Å². The van der Waals surface area contributed by atoms with Gasteiger partial charge in [0, 0.05) is 36.7 Å². The molecule has 10 nitrogen and oxygen atoms in total. The van der Waals surface area contributed by atoms with E-state index in [-0.39, 0.29) is 36.7 Å². The first-order valence-electron chi connectivity index (χ1n) is 16.4. The highest BCUT2D eigenvalue weighted by atomic mass is 35.5. The zero-order chi connectivity index (χ0) is 34.2. The number of Topliss-reactive ketones (excluding diaryl/α,β-unsaturated/α-hetero) is 1. The van der Waals surface area contributed by atoms with Crippen molar-refractivity contribution in [1.82, 2.24) is 9.80 Å². The van der Waals surface area contributed by atoms with Crippen molar-refractivity contribution in [2.45, 2.75) is 88.0 Å². The van der Waals surface area contributed by atoms with Crippen molar-refractivity contribution in [3.05, 3.63) is 70.5 Å². The number of ether oxygens (including phenoxy) is 4. The Morgan fingerprint density at radius 2 is 1.73 bits per heavy atom. The van der Waals surface area contributed by atoms with E-state index in [0.29, 0.717) is 36.5 Å². The molecule has 0 bridgehead atoms. The smallest absolute Gasteiger partial charge is 0.190 e. The third kappa shape index (κ3) is 11.4. The Bertz CT molecular complexity index is 1260. The minimum Gasteiger partial charge on any atom is -0.394 e. The molecule has 3 heterocycles. The summed E-state index contributed by atoms with van der Waals surface area (Å²) in [4.78, 5) is 16.5. The number of hydrogen-bond donors (Lipinski definition) is 3. The average Bonchev–Trinajstić information content (AvgIpc) is 3.52. The molecule has 0 saturated carbocycles. The van der Waals surface area contributed by atoms with Gasteiger partial charge in [-0.25, -0.2) is 4.39 Å². The lowest BCUT2D eigenvalue weighted by atomic mass is 9.84. The van der Waals surface area contributed by atoms with Crippen molar-refractivity contribution < 1.29 is 43.5 Å². The summed E-state index contributed by atoms with van der Waals surface area (Å²) in [6.07, 6.45) is 0.370. The number of piperidine rings is 1. The van der Waals surface area contributed by atoms with E-state index in [4.69, 9.17) is 35.7 Å². The van der Waals surface area contributed by atoms with E-state index in [1.54, 1.807) is 0 Å². The zero-order valence-corrected chi connectivity index (χ0v) is 29.8. The number of likely N-dealkylation sites (tertiary alicyclic amines) is 1. The zero-order valence-electron chi connectivity index (χ0n) is 28.2. The Balaban J connectivity index is 0.000000261. The Morgan fingerprint density at radius 1 is 1.08 bits per heavy atom. The maximum Gasteiger partial charge on any atom is 0.190 e. The van der Waals surface area contributed by atoms with Gasteiger partial charge >= 0.3 is 0 Å². The van der Waals surface area contributed by atoms with Crippen LogP contribution in [0.3, 0.4) is 0 Å². The molecule has 13 heteroatoms. The van der Waals surface area contributed by atoms with E-state index >= 15 is 0 Å². The molecule has 5 rings (SSSR count). The van der Waals surface area contributed by atoms with Crippen LogP contribution in [0.15, 0.2) is 48.5 Å². The van der Waals surface area contributed by atoms with Gasteiger partial charge in [-0.15, -0.1) is 12.4 Å². The minimum absolute atomic E-state index is 0. The van der Waals surface area contributed by atoms with E-state index in [1.165, 1.54) is 24.3 Å². The van der Waals surface area contributed by atoms with Crippen LogP contribution < -0.4 is 0 Å². The Morgan fingerprint density at radius 3 is 2.33 bits per heavy atom. The van der Waals surface area contributed by atoms with Crippen LogP contribution in [-0.2, 0) is 24.5 Å². The summed E-state index contributed by atoms with van der Waals surface area (Å²) in [6, 6.07) is 13.1. The van der Waals surface area contributed by atoms with Crippen LogP contribution in [0.5, 0.6) is 0 Å². The molecule has 0 aliphatic carbocycles. The summed E-state index contributed by atoms with van der Waals surface area (Å²) in [5.74, 6) is -1.02. The highest BCUT2D eigenvalue weighted by molar-refractivity contribution is 6.30. The number of carbonyl (C=O) groups is 1. The molecule has 3 fully saturated rings. The number of aliphatic hydroxyl groups is 3. The first-order valence-corrected chi connectivity index (χ1v) is 16.7. The van der Waals surface area contributed by atoms with Crippen LogP contribution >= 0.6 is 24.0 Å². The second-order valence-corrected chi connectivity index (χ2v) is 13.7. The van der Waals surface area contributed by atoms with Crippen LogP contribution in [0.1, 0.15) is 61.9 Å². The molecular formula is C35H51Cl2FN2O8.